The molecule has 47 heavy (non-hydrogen) atoms. The standard InChI is InChI=1S/C38H22N8S/c1-2-11-21(12-3-1)47-29-20-10-19-28-30(29)38-45-36-27-18-9-8-17-26(27)34(43-36)41-32-23-14-5-4-13-22(23)31(39-32)40-33-24-15-6-7-16-25(24)35(42-33)44-37(28)46-38/h1-20H,(H2,39,40,41,42,43,44,45,46). The summed E-state index contributed by atoms with van der Waals surface area (Å²) in [6.07, 6.45) is 0. The van der Waals surface area contributed by atoms with Gasteiger partial charge in [-0.1, -0.05) is 115 Å². The molecule has 220 valence electrons. The van der Waals surface area contributed by atoms with Crippen molar-refractivity contribution in [2.75, 3.05) is 0 Å². The zero-order valence-electron chi connectivity index (χ0n) is 24.6. The third-order valence-corrected chi connectivity index (χ3v) is 9.58. The van der Waals surface area contributed by atoms with Crippen molar-refractivity contribution in [1.29, 1.82) is 0 Å². The highest BCUT2D eigenvalue weighted by molar-refractivity contribution is 7.99. The second-order valence-corrected chi connectivity index (χ2v) is 12.5. The SMILES string of the molecule is c1ccc(Sc2cccc3c4nc5nc(nc6[nH]c(nc7nc(nc([nH]4)c23)-c2ccccc2-7)c2ccccc62)-c2ccccc2-5)cc1. The van der Waals surface area contributed by atoms with Gasteiger partial charge in [-0.25, -0.2) is 29.9 Å². The summed E-state index contributed by atoms with van der Waals surface area (Å²) in [5.74, 6) is 2.34. The lowest BCUT2D eigenvalue weighted by molar-refractivity contribution is 1.19. The number of H-pyrrole nitrogens is 2. The summed E-state index contributed by atoms with van der Waals surface area (Å²) in [5, 5.41) is 3.81. The van der Waals surface area contributed by atoms with Gasteiger partial charge in [-0.15, -0.1) is 0 Å². The lowest BCUT2D eigenvalue weighted by Crippen LogP contribution is -1.83. The zero-order chi connectivity index (χ0) is 30.9. The number of fused-ring (bicyclic) bond motifs is 20. The van der Waals surface area contributed by atoms with Crippen LogP contribution in [0.2, 0.25) is 0 Å². The van der Waals surface area contributed by atoms with Crippen molar-refractivity contribution >= 4 is 55.9 Å². The van der Waals surface area contributed by atoms with Gasteiger partial charge in [0.2, 0.25) is 0 Å². The highest BCUT2D eigenvalue weighted by Crippen LogP contribution is 2.39. The van der Waals surface area contributed by atoms with E-state index in [2.05, 4.69) is 40.3 Å². The van der Waals surface area contributed by atoms with Crippen molar-refractivity contribution in [3.05, 3.63) is 121 Å². The molecule has 0 spiro atoms. The smallest absolute Gasteiger partial charge is 0.164 e. The van der Waals surface area contributed by atoms with Crippen LogP contribution in [0.1, 0.15) is 0 Å². The number of hydrogen-bond donors (Lipinski definition) is 2. The molecule has 5 heterocycles. The van der Waals surface area contributed by atoms with E-state index in [1.54, 1.807) is 11.8 Å². The molecule has 2 aliphatic heterocycles. The fraction of sp³-hybridized carbons (Fsp3) is 0. The van der Waals surface area contributed by atoms with Gasteiger partial charge in [-0.3, -0.25) is 0 Å². The number of benzene rings is 5. The summed E-state index contributed by atoms with van der Waals surface area (Å²) < 4.78 is 0. The number of aromatic amines is 2. The van der Waals surface area contributed by atoms with E-state index in [1.807, 2.05) is 91.0 Å². The van der Waals surface area contributed by atoms with Crippen molar-refractivity contribution in [2.45, 2.75) is 9.79 Å². The Labute approximate surface area is 271 Å². The van der Waals surface area contributed by atoms with E-state index >= 15 is 0 Å². The van der Waals surface area contributed by atoms with Crippen LogP contribution in [0.15, 0.2) is 131 Å². The minimum absolute atomic E-state index is 0.584. The molecule has 9 heteroatoms. The average Bonchev–Trinajstić information content (AvgIpc) is 3.85. The number of nitrogens with zero attached hydrogens (tertiary/aromatic N) is 6. The zero-order valence-corrected chi connectivity index (χ0v) is 25.5. The maximum absolute atomic E-state index is 5.20. The highest BCUT2D eigenvalue weighted by Gasteiger charge is 2.22. The van der Waals surface area contributed by atoms with Crippen LogP contribution in [0.3, 0.4) is 0 Å². The van der Waals surface area contributed by atoms with Crippen molar-refractivity contribution in [3.8, 4) is 45.6 Å². The Kier molecular flexibility index (Phi) is 5.64. The largest absolute Gasteiger partial charge is 0.324 e. The first-order valence-electron chi connectivity index (χ1n) is 15.2. The molecule has 8 nitrogen and oxygen atoms in total. The molecule has 0 saturated carbocycles. The molecule has 8 aromatic rings. The van der Waals surface area contributed by atoms with Crippen LogP contribution in [-0.2, 0) is 0 Å². The second-order valence-electron chi connectivity index (χ2n) is 11.3. The van der Waals surface area contributed by atoms with Crippen molar-refractivity contribution in [2.24, 2.45) is 0 Å². The quantitative estimate of drug-likeness (QED) is 0.198. The number of nitrogens with one attached hydrogen (secondary N) is 2. The van der Waals surface area contributed by atoms with Crippen LogP contribution in [0.4, 0.5) is 0 Å². The van der Waals surface area contributed by atoms with E-state index in [0.29, 0.717) is 45.9 Å². The molecule has 0 fully saturated rings. The predicted octanol–water partition coefficient (Wildman–Crippen LogP) is 9.02. The summed E-state index contributed by atoms with van der Waals surface area (Å²) in [7, 11) is 0. The monoisotopic (exact) mass is 622 g/mol. The van der Waals surface area contributed by atoms with Crippen LogP contribution in [0.25, 0.3) is 89.7 Å². The van der Waals surface area contributed by atoms with E-state index in [0.717, 1.165) is 53.6 Å². The van der Waals surface area contributed by atoms with Crippen LogP contribution < -0.4 is 0 Å². The molecule has 3 aromatic heterocycles. The fourth-order valence-corrected chi connectivity index (χ4v) is 7.36. The van der Waals surface area contributed by atoms with Crippen LogP contribution in [0.5, 0.6) is 0 Å². The first-order valence-corrected chi connectivity index (χ1v) is 16.0. The first kappa shape index (κ1) is 26.1. The van der Waals surface area contributed by atoms with Gasteiger partial charge in [0, 0.05) is 53.6 Å². The van der Waals surface area contributed by atoms with E-state index in [-0.39, 0.29) is 0 Å². The Balaban J connectivity index is 1.38. The first-order chi connectivity index (χ1) is 23.3. The van der Waals surface area contributed by atoms with Crippen molar-refractivity contribution < 1.29 is 0 Å². The molecule has 0 aliphatic carbocycles. The van der Waals surface area contributed by atoms with E-state index in [9.17, 15) is 0 Å². The number of aromatic nitrogens is 8. The summed E-state index contributed by atoms with van der Waals surface area (Å²) in [4.78, 5) is 39.8. The van der Waals surface area contributed by atoms with Gasteiger partial charge in [-0.05, 0) is 18.2 Å². The van der Waals surface area contributed by atoms with Gasteiger partial charge in [0.15, 0.2) is 23.3 Å². The fourth-order valence-electron chi connectivity index (χ4n) is 6.36. The maximum Gasteiger partial charge on any atom is 0.164 e. The Morgan fingerprint density at radius 1 is 0.362 bits per heavy atom. The van der Waals surface area contributed by atoms with Crippen molar-refractivity contribution in [3.63, 3.8) is 0 Å². The topological polar surface area (TPSA) is 109 Å². The second kappa shape index (κ2) is 10.2. The molecule has 0 atom stereocenters. The lowest BCUT2D eigenvalue weighted by atomic mass is 10.1. The third kappa shape index (κ3) is 4.17. The summed E-state index contributed by atoms with van der Waals surface area (Å²) in [6, 6.07) is 40.9. The maximum atomic E-state index is 5.20. The molecule has 10 rings (SSSR count). The molecule has 2 N–H and O–H groups in total. The molecule has 8 bridgehead atoms. The minimum Gasteiger partial charge on any atom is -0.324 e. The molecule has 0 amide bonds. The van der Waals surface area contributed by atoms with Crippen molar-refractivity contribution in [1.82, 2.24) is 39.9 Å². The van der Waals surface area contributed by atoms with Crippen LogP contribution in [-0.4, -0.2) is 39.9 Å². The van der Waals surface area contributed by atoms with Gasteiger partial charge in [0.1, 0.15) is 22.6 Å². The van der Waals surface area contributed by atoms with Gasteiger partial charge < -0.3 is 9.97 Å². The summed E-state index contributed by atoms with van der Waals surface area (Å²) in [5.41, 5.74) is 6.37. The third-order valence-electron chi connectivity index (χ3n) is 8.51. The molecule has 0 unspecified atom stereocenters. The van der Waals surface area contributed by atoms with E-state index in [4.69, 9.17) is 29.9 Å². The van der Waals surface area contributed by atoms with Gasteiger partial charge >= 0.3 is 0 Å². The highest BCUT2D eigenvalue weighted by atomic mass is 32.2. The molecule has 5 aromatic carbocycles. The number of rotatable bonds is 2. The lowest BCUT2D eigenvalue weighted by Gasteiger charge is -2.03. The molecule has 0 radical (unpaired) electrons. The predicted molar refractivity (Wildman–Crippen MR) is 187 cm³/mol. The van der Waals surface area contributed by atoms with E-state index < -0.39 is 0 Å². The van der Waals surface area contributed by atoms with Crippen LogP contribution >= 0.6 is 11.8 Å². The van der Waals surface area contributed by atoms with Gasteiger partial charge in [0.25, 0.3) is 0 Å². The van der Waals surface area contributed by atoms with Gasteiger partial charge in [0.05, 0.1) is 0 Å². The summed E-state index contributed by atoms with van der Waals surface area (Å²) in [6.45, 7) is 0. The Bertz CT molecular complexity index is 2730. The average molecular weight is 623 g/mol. The molecule has 2 aliphatic rings. The number of hydrogen-bond acceptors (Lipinski definition) is 7. The minimum atomic E-state index is 0.584. The Hall–Kier alpha value is -6.19. The summed E-state index contributed by atoms with van der Waals surface area (Å²) >= 11 is 1.69. The van der Waals surface area contributed by atoms with E-state index in [1.165, 1.54) is 0 Å². The Morgan fingerprint density at radius 2 is 0.787 bits per heavy atom. The van der Waals surface area contributed by atoms with Gasteiger partial charge in [-0.2, -0.15) is 0 Å². The molecular formula is C38H22N8S. The molecule has 0 saturated heterocycles. The normalized spacial score (nSPS) is 11.9. The van der Waals surface area contributed by atoms with Crippen LogP contribution in [0, 0.1) is 0 Å². The Morgan fingerprint density at radius 3 is 1.34 bits per heavy atom. The molecular weight excluding hydrogens is 601 g/mol.